The molecule has 3 aromatic rings. The van der Waals surface area contributed by atoms with Crippen LogP contribution < -0.4 is 10.6 Å². The van der Waals surface area contributed by atoms with E-state index in [4.69, 9.17) is 0 Å². The minimum absolute atomic E-state index is 0.171. The van der Waals surface area contributed by atoms with Gasteiger partial charge in [0.15, 0.2) is 0 Å². The molecule has 0 radical (unpaired) electrons. The largest absolute Gasteiger partial charge is 0.358 e. The molecule has 6 nitrogen and oxygen atoms in total. The summed E-state index contributed by atoms with van der Waals surface area (Å²) in [5.74, 6) is -0.769. The summed E-state index contributed by atoms with van der Waals surface area (Å²) in [6.07, 6.45) is 5.42. The van der Waals surface area contributed by atoms with Gasteiger partial charge < -0.3 is 20.5 Å². The van der Waals surface area contributed by atoms with Gasteiger partial charge in [-0.1, -0.05) is 30.7 Å². The molecule has 5 rings (SSSR count). The molecule has 0 aliphatic carbocycles. The number of carbonyl (C=O) groups excluding carboxylic acids is 2. The summed E-state index contributed by atoms with van der Waals surface area (Å²) in [4.78, 5) is 31.6. The van der Waals surface area contributed by atoms with Gasteiger partial charge in [0.2, 0.25) is 0 Å². The van der Waals surface area contributed by atoms with Gasteiger partial charge in [0.25, 0.3) is 11.8 Å². The van der Waals surface area contributed by atoms with Crippen LogP contribution in [0.3, 0.4) is 0 Å². The van der Waals surface area contributed by atoms with Crippen LogP contribution in [0.15, 0.2) is 48.5 Å². The second-order valence-electron chi connectivity index (χ2n) is 9.19. The number of hydrogen-bond acceptors (Lipinski definition) is 3. The fourth-order valence-corrected chi connectivity index (χ4v) is 4.95. The lowest BCUT2D eigenvalue weighted by atomic mass is 9.94. The fraction of sp³-hybridized carbons (Fsp3) is 0.286. The van der Waals surface area contributed by atoms with E-state index in [2.05, 4.69) is 20.5 Å². The van der Waals surface area contributed by atoms with Crippen LogP contribution in [-0.2, 0) is 4.79 Å². The molecule has 2 aromatic carbocycles. The third-order valence-corrected chi connectivity index (χ3v) is 6.64. The molecule has 2 amide bonds. The van der Waals surface area contributed by atoms with Crippen LogP contribution in [0.4, 0.5) is 10.1 Å². The quantitative estimate of drug-likeness (QED) is 0.450. The lowest BCUT2D eigenvalue weighted by molar-refractivity contribution is -0.110. The standard InChI is InChI=1S/C28H29FN4O2/c1-18-15-22(27(34)30-11-14-33-12-3-2-4-13-33)25(31-18)17-23-26-21(19-7-5-8-20(29)16-19)9-6-10-24(26)32-28(23)35/h5-10,15-17,31H,2-4,11-14H2,1H3,(H,30,34)(H,32,35)/b23-17-. The van der Waals surface area contributed by atoms with E-state index in [-0.39, 0.29) is 17.6 Å². The number of hydrogen-bond donors (Lipinski definition) is 3. The lowest BCUT2D eigenvalue weighted by Crippen LogP contribution is -2.37. The van der Waals surface area contributed by atoms with E-state index in [1.807, 2.05) is 31.2 Å². The van der Waals surface area contributed by atoms with Crippen molar-refractivity contribution in [3.63, 3.8) is 0 Å². The molecule has 2 aliphatic heterocycles. The monoisotopic (exact) mass is 472 g/mol. The molecule has 0 bridgehead atoms. The molecule has 1 aromatic heterocycles. The number of likely N-dealkylation sites (tertiary alicyclic amines) is 1. The van der Waals surface area contributed by atoms with Crippen LogP contribution in [-0.4, -0.2) is 47.9 Å². The van der Waals surface area contributed by atoms with E-state index in [0.717, 1.165) is 30.9 Å². The number of aromatic nitrogens is 1. The molecule has 0 unspecified atom stereocenters. The van der Waals surface area contributed by atoms with Crippen LogP contribution in [0.1, 0.15) is 46.6 Å². The third-order valence-electron chi connectivity index (χ3n) is 6.64. The molecule has 35 heavy (non-hydrogen) atoms. The molecule has 180 valence electrons. The Kier molecular flexibility index (Phi) is 6.51. The summed E-state index contributed by atoms with van der Waals surface area (Å²) < 4.78 is 13.9. The number of benzene rings is 2. The van der Waals surface area contributed by atoms with Gasteiger partial charge in [0.05, 0.1) is 16.8 Å². The van der Waals surface area contributed by atoms with Crippen molar-refractivity contribution in [2.45, 2.75) is 26.2 Å². The highest BCUT2D eigenvalue weighted by molar-refractivity contribution is 6.36. The zero-order valence-electron chi connectivity index (χ0n) is 19.8. The fourth-order valence-electron chi connectivity index (χ4n) is 4.95. The first-order valence-corrected chi connectivity index (χ1v) is 12.1. The Morgan fingerprint density at radius 1 is 1.11 bits per heavy atom. The molecule has 0 saturated carbocycles. The van der Waals surface area contributed by atoms with Gasteiger partial charge in [-0.05, 0) is 74.3 Å². The highest BCUT2D eigenvalue weighted by Gasteiger charge is 2.28. The Morgan fingerprint density at radius 2 is 1.91 bits per heavy atom. The normalized spacial score (nSPS) is 16.9. The van der Waals surface area contributed by atoms with Gasteiger partial charge in [-0.3, -0.25) is 9.59 Å². The highest BCUT2D eigenvalue weighted by Crippen LogP contribution is 2.40. The van der Waals surface area contributed by atoms with Crippen molar-refractivity contribution < 1.29 is 14.0 Å². The SMILES string of the molecule is Cc1cc(C(=O)NCCN2CCCCC2)c(/C=C2\C(=O)Nc3cccc(-c4cccc(F)c4)c32)[nH]1. The number of carbonyl (C=O) groups is 2. The smallest absolute Gasteiger partial charge is 0.256 e. The first kappa shape index (κ1) is 23.1. The van der Waals surface area contributed by atoms with Crippen molar-refractivity contribution in [3.05, 3.63) is 76.9 Å². The Labute approximate surface area is 204 Å². The van der Waals surface area contributed by atoms with E-state index >= 15 is 0 Å². The number of rotatable bonds is 6. The van der Waals surface area contributed by atoms with Crippen LogP contribution >= 0.6 is 0 Å². The number of aryl methyl sites for hydroxylation is 1. The minimum atomic E-state index is -0.341. The summed E-state index contributed by atoms with van der Waals surface area (Å²) >= 11 is 0. The molecule has 1 saturated heterocycles. The number of nitrogens with one attached hydrogen (secondary N) is 3. The first-order chi connectivity index (χ1) is 17.0. The van der Waals surface area contributed by atoms with E-state index in [9.17, 15) is 14.0 Å². The van der Waals surface area contributed by atoms with Gasteiger partial charge in [-0.25, -0.2) is 4.39 Å². The van der Waals surface area contributed by atoms with Gasteiger partial charge >= 0.3 is 0 Å². The van der Waals surface area contributed by atoms with E-state index in [1.165, 1.54) is 31.4 Å². The zero-order valence-corrected chi connectivity index (χ0v) is 19.8. The summed E-state index contributed by atoms with van der Waals surface area (Å²) in [7, 11) is 0. The maximum absolute atomic E-state index is 13.9. The molecular weight excluding hydrogens is 443 g/mol. The van der Waals surface area contributed by atoms with E-state index in [1.54, 1.807) is 18.2 Å². The Balaban J connectivity index is 1.43. The third kappa shape index (κ3) is 4.91. The lowest BCUT2D eigenvalue weighted by Gasteiger charge is -2.26. The maximum atomic E-state index is 13.9. The van der Waals surface area contributed by atoms with Crippen molar-refractivity contribution in [3.8, 4) is 11.1 Å². The Morgan fingerprint density at radius 3 is 2.71 bits per heavy atom. The summed E-state index contributed by atoms with van der Waals surface area (Å²) in [5, 5.41) is 5.92. The average Bonchev–Trinajstić information content (AvgIpc) is 3.38. The topological polar surface area (TPSA) is 77.2 Å². The van der Waals surface area contributed by atoms with Crippen molar-refractivity contribution in [2.75, 3.05) is 31.5 Å². The number of aromatic amines is 1. The highest BCUT2D eigenvalue weighted by atomic mass is 19.1. The second-order valence-corrected chi connectivity index (χ2v) is 9.19. The van der Waals surface area contributed by atoms with E-state index in [0.29, 0.717) is 40.2 Å². The summed E-state index contributed by atoms with van der Waals surface area (Å²) in [5.41, 5.74) is 5.14. The van der Waals surface area contributed by atoms with Gasteiger partial charge in [-0.2, -0.15) is 0 Å². The second kappa shape index (κ2) is 9.88. The molecule has 3 N–H and O–H groups in total. The molecular formula is C28H29FN4O2. The zero-order chi connectivity index (χ0) is 24.4. The first-order valence-electron chi connectivity index (χ1n) is 12.1. The number of anilines is 1. The molecule has 0 atom stereocenters. The van der Waals surface area contributed by atoms with Crippen molar-refractivity contribution >= 4 is 29.2 Å². The number of halogens is 1. The number of H-pyrrole nitrogens is 1. The number of nitrogens with zero attached hydrogens (tertiary/aromatic N) is 1. The predicted octanol–water partition coefficient (Wildman–Crippen LogP) is 4.84. The van der Waals surface area contributed by atoms with Gasteiger partial charge in [-0.15, -0.1) is 0 Å². The van der Waals surface area contributed by atoms with Crippen LogP contribution in [0.2, 0.25) is 0 Å². The van der Waals surface area contributed by atoms with Crippen molar-refractivity contribution in [1.29, 1.82) is 0 Å². The number of fused-ring (bicyclic) bond motifs is 1. The number of amides is 2. The minimum Gasteiger partial charge on any atom is -0.358 e. The van der Waals surface area contributed by atoms with Crippen LogP contribution in [0.25, 0.3) is 22.8 Å². The molecule has 7 heteroatoms. The van der Waals surface area contributed by atoms with E-state index < -0.39 is 0 Å². The molecule has 3 heterocycles. The van der Waals surface area contributed by atoms with Crippen molar-refractivity contribution in [1.82, 2.24) is 15.2 Å². The Bertz CT molecular complexity index is 1300. The molecule has 0 spiro atoms. The summed E-state index contributed by atoms with van der Waals surface area (Å²) in [6.45, 7) is 5.45. The van der Waals surface area contributed by atoms with Crippen molar-refractivity contribution in [2.24, 2.45) is 0 Å². The van der Waals surface area contributed by atoms with Crippen LogP contribution in [0, 0.1) is 12.7 Å². The average molecular weight is 473 g/mol. The Hall–Kier alpha value is -3.71. The van der Waals surface area contributed by atoms with Crippen LogP contribution in [0.5, 0.6) is 0 Å². The molecule has 1 fully saturated rings. The van der Waals surface area contributed by atoms with Gasteiger partial charge in [0, 0.05) is 30.0 Å². The van der Waals surface area contributed by atoms with Gasteiger partial charge in [0.1, 0.15) is 5.82 Å². The maximum Gasteiger partial charge on any atom is 0.256 e. The predicted molar refractivity (Wildman–Crippen MR) is 136 cm³/mol. The number of piperidine rings is 1. The molecule has 2 aliphatic rings. The summed E-state index contributed by atoms with van der Waals surface area (Å²) in [6, 6.07) is 13.6.